The highest BCUT2D eigenvalue weighted by atomic mass is 16.2. The Morgan fingerprint density at radius 2 is 1.80 bits per heavy atom. The van der Waals surface area contributed by atoms with E-state index in [1.165, 1.54) is 11.3 Å². The van der Waals surface area contributed by atoms with Crippen LogP contribution in [0.1, 0.15) is 32.3 Å². The lowest BCUT2D eigenvalue weighted by molar-refractivity contribution is -0.130. The maximum atomic E-state index is 12.5. The molecule has 5 heteroatoms. The number of benzene rings is 1. The molecular weight excluding hydrogens is 312 g/mol. The summed E-state index contributed by atoms with van der Waals surface area (Å²) in [6, 6.07) is 6.39. The van der Waals surface area contributed by atoms with E-state index in [0.717, 1.165) is 64.3 Å². The van der Waals surface area contributed by atoms with E-state index in [4.69, 9.17) is 0 Å². The fraction of sp³-hybridized carbons (Fsp3) is 0.650. The number of nitrogens with zero attached hydrogens (tertiary/aromatic N) is 3. The van der Waals surface area contributed by atoms with Gasteiger partial charge in [-0.25, -0.2) is 0 Å². The Morgan fingerprint density at radius 1 is 1.12 bits per heavy atom. The minimum absolute atomic E-state index is 0.171. The molecule has 2 fully saturated rings. The summed E-state index contributed by atoms with van der Waals surface area (Å²) < 4.78 is 0. The lowest BCUT2D eigenvalue weighted by Crippen LogP contribution is -2.46. The highest BCUT2D eigenvalue weighted by Gasteiger charge is 2.23. The summed E-state index contributed by atoms with van der Waals surface area (Å²) in [4.78, 5) is 19.4. The lowest BCUT2D eigenvalue weighted by Gasteiger charge is -2.35. The molecule has 3 rings (SSSR count). The number of hydrogen-bond acceptors (Lipinski definition) is 4. The van der Waals surface area contributed by atoms with Gasteiger partial charge < -0.3 is 20.0 Å². The summed E-state index contributed by atoms with van der Waals surface area (Å²) in [6.45, 7) is 13.7. The average molecular weight is 345 g/mol. The highest BCUT2D eigenvalue weighted by Crippen LogP contribution is 2.24. The summed E-state index contributed by atoms with van der Waals surface area (Å²) in [5.74, 6) is 0.219. The standard InChI is InChI=1S/C20H32N4O/c1-4-22-11-13-23(14-12-22)18-7-8-19(16(2)15-18)21-17(3)20(25)24-9-5-6-10-24/h7-8,15,17,21H,4-6,9-14H2,1-3H3. The summed E-state index contributed by atoms with van der Waals surface area (Å²) in [5, 5.41) is 3.42. The summed E-state index contributed by atoms with van der Waals surface area (Å²) in [5.41, 5.74) is 3.56. The van der Waals surface area contributed by atoms with Gasteiger partial charge in [0.2, 0.25) is 5.91 Å². The van der Waals surface area contributed by atoms with Crippen LogP contribution >= 0.6 is 0 Å². The predicted octanol–water partition coefficient (Wildman–Crippen LogP) is 2.56. The van der Waals surface area contributed by atoms with Crippen LogP contribution in [-0.4, -0.2) is 67.6 Å². The molecule has 0 bridgehead atoms. The Bertz CT molecular complexity index is 589. The number of nitrogens with one attached hydrogen (secondary N) is 1. The number of aryl methyl sites for hydroxylation is 1. The molecule has 0 radical (unpaired) electrons. The van der Waals surface area contributed by atoms with Crippen LogP contribution in [0.4, 0.5) is 11.4 Å². The van der Waals surface area contributed by atoms with Gasteiger partial charge in [-0.05, 0) is 57.0 Å². The van der Waals surface area contributed by atoms with Gasteiger partial charge in [0, 0.05) is 50.6 Å². The van der Waals surface area contributed by atoms with Crippen LogP contribution in [-0.2, 0) is 4.79 Å². The van der Waals surface area contributed by atoms with Crippen LogP contribution in [0.2, 0.25) is 0 Å². The van der Waals surface area contributed by atoms with Crippen LogP contribution in [0.15, 0.2) is 18.2 Å². The summed E-state index contributed by atoms with van der Waals surface area (Å²) in [6.07, 6.45) is 2.27. The van der Waals surface area contributed by atoms with Crippen molar-refractivity contribution in [2.75, 3.05) is 56.0 Å². The maximum Gasteiger partial charge on any atom is 0.244 e. The molecule has 0 spiro atoms. The molecule has 1 amide bonds. The van der Waals surface area contributed by atoms with Gasteiger partial charge in [0.05, 0.1) is 0 Å². The SMILES string of the molecule is CCN1CCN(c2ccc(NC(C)C(=O)N3CCCC3)c(C)c2)CC1. The van der Waals surface area contributed by atoms with Crippen molar-refractivity contribution in [3.63, 3.8) is 0 Å². The van der Waals surface area contributed by atoms with Crippen molar-refractivity contribution in [3.05, 3.63) is 23.8 Å². The first-order valence-electron chi connectivity index (χ1n) is 9.71. The molecule has 2 aliphatic heterocycles. The van der Waals surface area contributed by atoms with E-state index in [2.05, 4.69) is 47.2 Å². The fourth-order valence-corrected chi connectivity index (χ4v) is 3.84. The molecule has 2 saturated heterocycles. The van der Waals surface area contributed by atoms with E-state index in [1.807, 2.05) is 11.8 Å². The number of piperazine rings is 1. The van der Waals surface area contributed by atoms with Crippen LogP contribution in [0.5, 0.6) is 0 Å². The molecule has 1 aromatic carbocycles. The number of hydrogen-bond donors (Lipinski definition) is 1. The molecule has 1 unspecified atom stereocenters. The van der Waals surface area contributed by atoms with Crippen LogP contribution < -0.4 is 10.2 Å². The van der Waals surface area contributed by atoms with Gasteiger partial charge in [0.1, 0.15) is 6.04 Å². The monoisotopic (exact) mass is 344 g/mol. The van der Waals surface area contributed by atoms with Crippen LogP contribution in [0.25, 0.3) is 0 Å². The molecule has 1 aromatic rings. The number of anilines is 2. The van der Waals surface area contributed by atoms with Crippen molar-refractivity contribution >= 4 is 17.3 Å². The second-order valence-electron chi connectivity index (χ2n) is 7.32. The lowest BCUT2D eigenvalue weighted by atomic mass is 10.1. The molecule has 5 nitrogen and oxygen atoms in total. The molecular formula is C20H32N4O. The largest absolute Gasteiger partial charge is 0.374 e. The van der Waals surface area contributed by atoms with Gasteiger partial charge >= 0.3 is 0 Å². The Balaban J connectivity index is 1.61. The Morgan fingerprint density at radius 3 is 2.40 bits per heavy atom. The molecule has 2 aliphatic rings. The van der Waals surface area contributed by atoms with Crippen molar-refractivity contribution < 1.29 is 4.79 Å². The smallest absolute Gasteiger partial charge is 0.244 e. The van der Waals surface area contributed by atoms with E-state index in [1.54, 1.807) is 0 Å². The molecule has 0 aliphatic carbocycles. The van der Waals surface area contributed by atoms with Gasteiger partial charge in [-0.15, -0.1) is 0 Å². The Kier molecular flexibility index (Phi) is 5.84. The topological polar surface area (TPSA) is 38.8 Å². The second kappa shape index (κ2) is 8.09. The average Bonchev–Trinajstić information content (AvgIpc) is 3.17. The Hall–Kier alpha value is -1.75. The molecule has 25 heavy (non-hydrogen) atoms. The van der Waals surface area contributed by atoms with E-state index in [-0.39, 0.29) is 11.9 Å². The highest BCUT2D eigenvalue weighted by molar-refractivity contribution is 5.84. The van der Waals surface area contributed by atoms with E-state index in [0.29, 0.717) is 0 Å². The van der Waals surface area contributed by atoms with Gasteiger partial charge in [0.25, 0.3) is 0 Å². The number of rotatable bonds is 5. The minimum Gasteiger partial charge on any atom is -0.374 e. The zero-order valence-electron chi connectivity index (χ0n) is 15.9. The van der Waals surface area contributed by atoms with Gasteiger partial charge in [0.15, 0.2) is 0 Å². The van der Waals surface area contributed by atoms with Crippen LogP contribution in [0, 0.1) is 6.92 Å². The molecule has 0 saturated carbocycles. The number of likely N-dealkylation sites (N-methyl/N-ethyl adjacent to an activating group) is 1. The maximum absolute atomic E-state index is 12.5. The van der Waals surface area contributed by atoms with Gasteiger partial charge in [-0.1, -0.05) is 6.92 Å². The molecule has 1 N–H and O–H groups in total. The van der Waals surface area contributed by atoms with Gasteiger partial charge in [-0.2, -0.15) is 0 Å². The fourth-order valence-electron chi connectivity index (χ4n) is 3.84. The number of carbonyl (C=O) groups excluding carboxylic acids is 1. The molecule has 0 aromatic heterocycles. The van der Waals surface area contributed by atoms with Crippen LogP contribution in [0.3, 0.4) is 0 Å². The van der Waals surface area contributed by atoms with Crippen molar-refractivity contribution in [3.8, 4) is 0 Å². The van der Waals surface area contributed by atoms with Gasteiger partial charge in [-0.3, -0.25) is 4.79 Å². The zero-order valence-corrected chi connectivity index (χ0v) is 15.9. The zero-order chi connectivity index (χ0) is 17.8. The first-order chi connectivity index (χ1) is 12.1. The van der Waals surface area contributed by atoms with E-state index in [9.17, 15) is 4.79 Å². The van der Waals surface area contributed by atoms with Crippen molar-refractivity contribution in [1.82, 2.24) is 9.80 Å². The van der Waals surface area contributed by atoms with Crippen molar-refractivity contribution in [2.24, 2.45) is 0 Å². The van der Waals surface area contributed by atoms with E-state index < -0.39 is 0 Å². The normalized spacial score (nSPS) is 20.0. The first-order valence-corrected chi connectivity index (χ1v) is 9.71. The number of carbonyl (C=O) groups is 1. The molecule has 2 heterocycles. The van der Waals surface area contributed by atoms with Crippen molar-refractivity contribution in [2.45, 2.75) is 39.7 Å². The third kappa shape index (κ3) is 4.27. The first kappa shape index (κ1) is 18.1. The summed E-state index contributed by atoms with van der Waals surface area (Å²) in [7, 11) is 0. The third-order valence-corrected chi connectivity index (χ3v) is 5.55. The quantitative estimate of drug-likeness (QED) is 0.891. The third-order valence-electron chi connectivity index (χ3n) is 5.55. The Labute approximate surface area is 152 Å². The predicted molar refractivity (Wildman–Crippen MR) is 104 cm³/mol. The number of likely N-dealkylation sites (tertiary alicyclic amines) is 1. The summed E-state index contributed by atoms with van der Waals surface area (Å²) >= 11 is 0. The van der Waals surface area contributed by atoms with E-state index >= 15 is 0 Å². The molecule has 1 atom stereocenters. The second-order valence-corrected chi connectivity index (χ2v) is 7.32. The molecule has 138 valence electrons. The van der Waals surface area contributed by atoms with Crippen molar-refractivity contribution in [1.29, 1.82) is 0 Å². The minimum atomic E-state index is -0.171. The number of amides is 1.